The summed E-state index contributed by atoms with van der Waals surface area (Å²) in [5.41, 5.74) is -0.849. The third kappa shape index (κ3) is 1.64. The lowest BCUT2D eigenvalue weighted by Gasteiger charge is -2.38. The fraction of sp³-hybridized carbons (Fsp3) is 0.909. The molecule has 4 fully saturated rings. The van der Waals surface area contributed by atoms with E-state index in [1.807, 2.05) is 0 Å². The van der Waals surface area contributed by atoms with Gasteiger partial charge in [0.05, 0.1) is 11.9 Å². The molecule has 118 valence electrons. The van der Waals surface area contributed by atoms with Crippen molar-refractivity contribution in [1.82, 2.24) is 0 Å². The lowest BCUT2D eigenvalue weighted by Crippen LogP contribution is -2.48. The highest BCUT2D eigenvalue weighted by molar-refractivity contribution is 7.87. The van der Waals surface area contributed by atoms with Crippen LogP contribution in [-0.2, 0) is 34.0 Å². The van der Waals surface area contributed by atoms with Crippen molar-refractivity contribution in [3.05, 3.63) is 0 Å². The van der Waals surface area contributed by atoms with E-state index < -0.39 is 48.7 Å². The Morgan fingerprint density at radius 3 is 2.76 bits per heavy atom. The van der Waals surface area contributed by atoms with Gasteiger partial charge in [-0.1, -0.05) is 0 Å². The van der Waals surface area contributed by atoms with Crippen LogP contribution in [0.1, 0.15) is 19.3 Å². The summed E-state index contributed by atoms with van der Waals surface area (Å²) in [6.07, 6.45) is 1.17. The van der Waals surface area contributed by atoms with Gasteiger partial charge < -0.3 is 4.74 Å². The monoisotopic (exact) mass is 338 g/mol. The van der Waals surface area contributed by atoms with Crippen LogP contribution in [0.4, 0.5) is 0 Å². The van der Waals surface area contributed by atoms with Crippen LogP contribution < -0.4 is 0 Å². The highest BCUT2D eigenvalue weighted by Gasteiger charge is 2.87. The van der Waals surface area contributed by atoms with Gasteiger partial charge in [-0.05, 0) is 25.2 Å². The summed E-state index contributed by atoms with van der Waals surface area (Å²) in [7, 11) is -7.97. The van der Waals surface area contributed by atoms with E-state index in [-0.39, 0.29) is 17.9 Å². The van der Waals surface area contributed by atoms with Crippen LogP contribution in [0.15, 0.2) is 0 Å². The van der Waals surface area contributed by atoms with E-state index >= 15 is 0 Å². The third-order valence-electron chi connectivity index (χ3n) is 5.62. The molecule has 1 heterocycles. The minimum atomic E-state index is -4.43. The molecule has 0 aromatic carbocycles. The van der Waals surface area contributed by atoms with Gasteiger partial charge in [0, 0.05) is 10.8 Å². The van der Waals surface area contributed by atoms with Crippen LogP contribution in [0.25, 0.3) is 0 Å². The predicted octanol–water partition coefficient (Wildman–Crippen LogP) is -0.685. The molecule has 1 aliphatic heterocycles. The van der Waals surface area contributed by atoms with Gasteiger partial charge in [0.25, 0.3) is 20.2 Å². The summed E-state index contributed by atoms with van der Waals surface area (Å²) in [5.74, 6) is -2.16. The normalized spacial score (nSPS) is 48.7. The van der Waals surface area contributed by atoms with E-state index in [2.05, 4.69) is 0 Å². The average Bonchev–Trinajstić information content (AvgIpc) is 2.71. The van der Waals surface area contributed by atoms with Gasteiger partial charge in [-0.2, -0.15) is 16.8 Å². The Hall–Kier alpha value is -0.710. The molecule has 5 unspecified atom stereocenters. The molecule has 8 nitrogen and oxygen atoms in total. The SMILES string of the molecule is O=C(CS(=O)(=O)O)OC1C2CC3C4(C2)CC14COS3(=O)=O. The van der Waals surface area contributed by atoms with E-state index in [1.54, 1.807) is 0 Å². The Bertz CT molecular complexity index is 740. The first kappa shape index (κ1) is 13.9. The van der Waals surface area contributed by atoms with Crippen LogP contribution >= 0.6 is 0 Å². The highest BCUT2D eigenvalue weighted by atomic mass is 32.2. The second kappa shape index (κ2) is 3.61. The van der Waals surface area contributed by atoms with Crippen LogP contribution in [0.5, 0.6) is 0 Å². The van der Waals surface area contributed by atoms with E-state index in [0.717, 1.165) is 0 Å². The van der Waals surface area contributed by atoms with Crippen molar-refractivity contribution in [1.29, 1.82) is 0 Å². The Morgan fingerprint density at radius 2 is 2.10 bits per heavy atom. The molecule has 4 rings (SSSR count). The maximum absolute atomic E-state index is 11.9. The molecule has 5 atom stereocenters. The third-order valence-corrected chi connectivity index (χ3v) is 8.01. The summed E-state index contributed by atoms with van der Waals surface area (Å²) in [6, 6.07) is 0. The molecule has 2 bridgehead atoms. The number of esters is 1. The molecule has 0 aromatic rings. The second-order valence-electron chi connectivity index (χ2n) is 6.57. The molecule has 1 N–H and O–H groups in total. The second-order valence-corrected chi connectivity index (χ2v) is 9.81. The number of ether oxygens (including phenoxy) is 1. The maximum Gasteiger partial charge on any atom is 0.323 e. The predicted molar refractivity (Wildman–Crippen MR) is 67.2 cm³/mol. The van der Waals surface area contributed by atoms with Gasteiger partial charge in [-0.3, -0.25) is 13.5 Å². The van der Waals surface area contributed by atoms with E-state index in [1.165, 1.54) is 0 Å². The molecule has 4 aliphatic rings. The molecule has 1 spiro atoms. The Morgan fingerprint density at radius 1 is 1.38 bits per heavy atom. The minimum absolute atomic E-state index is 0.00778. The first-order valence-electron chi connectivity index (χ1n) is 6.63. The number of fused-ring (bicyclic) bond motifs is 1. The summed E-state index contributed by atoms with van der Waals surface area (Å²) in [4.78, 5) is 11.6. The fourth-order valence-electron chi connectivity index (χ4n) is 4.95. The number of hydrogen-bond donors (Lipinski definition) is 1. The Balaban J connectivity index is 1.58. The van der Waals surface area contributed by atoms with Gasteiger partial charge in [0.2, 0.25) is 0 Å². The van der Waals surface area contributed by atoms with Crippen molar-refractivity contribution in [3.8, 4) is 0 Å². The van der Waals surface area contributed by atoms with E-state index in [4.69, 9.17) is 13.5 Å². The highest BCUT2D eigenvalue weighted by Crippen LogP contribution is 2.84. The first-order valence-corrected chi connectivity index (χ1v) is 9.71. The van der Waals surface area contributed by atoms with Crippen molar-refractivity contribution in [2.45, 2.75) is 30.6 Å². The van der Waals surface area contributed by atoms with Crippen molar-refractivity contribution in [2.24, 2.45) is 16.7 Å². The molecule has 10 heteroatoms. The summed E-state index contributed by atoms with van der Waals surface area (Å²) in [6.45, 7) is -0.00778. The van der Waals surface area contributed by atoms with Crippen molar-refractivity contribution in [3.63, 3.8) is 0 Å². The smallest absolute Gasteiger partial charge is 0.323 e. The molecular weight excluding hydrogens is 324 g/mol. The molecule has 0 aromatic heterocycles. The van der Waals surface area contributed by atoms with Crippen LogP contribution in [0.2, 0.25) is 0 Å². The van der Waals surface area contributed by atoms with Crippen LogP contribution in [0, 0.1) is 16.7 Å². The largest absolute Gasteiger partial charge is 0.461 e. The lowest BCUT2D eigenvalue weighted by molar-refractivity contribution is -0.154. The van der Waals surface area contributed by atoms with Gasteiger partial charge >= 0.3 is 5.97 Å². The van der Waals surface area contributed by atoms with Crippen molar-refractivity contribution >= 4 is 26.2 Å². The van der Waals surface area contributed by atoms with Crippen LogP contribution in [0.3, 0.4) is 0 Å². The topological polar surface area (TPSA) is 124 Å². The molecule has 0 amide bonds. The fourth-order valence-corrected chi connectivity index (χ4v) is 7.31. The van der Waals surface area contributed by atoms with Crippen LogP contribution in [-0.4, -0.2) is 51.1 Å². The Kier molecular flexibility index (Phi) is 2.39. The number of hydrogen-bond acceptors (Lipinski definition) is 7. The molecular formula is C11H14O8S2. The first-order chi connectivity index (χ1) is 9.60. The molecule has 0 radical (unpaired) electrons. The average molecular weight is 338 g/mol. The summed E-state index contributed by atoms with van der Waals surface area (Å²) >= 11 is 0. The van der Waals surface area contributed by atoms with E-state index in [0.29, 0.717) is 19.3 Å². The number of rotatable bonds is 3. The summed E-state index contributed by atoms with van der Waals surface area (Å²) < 4.78 is 64.2. The number of carbonyl (C=O) groups is 1. The molecule has 1 saturated heterocycles. The van der Waals surface area contributed by atoms with Gasteiger partial charge in [-0.25, -0.2) is 0 Å². The van der Waals surface area contributed by atoms with Gasteiger partial charge in [-0.15, -0.1) is 0 Å². The zero-order chi connectivity index (χ0) is 15.3. The molecule has 3 saturated carbocycles. The van der Waals surface area contributed by atoms with Crippen molar-refractivity contribution < 1.29 is 35.1 Å². The standard InChI is InChI=1S/C11H14O8S2/c12-8(3-20(13,14)15)19-9-6-1-7-10(2-6)4-11(9,10)5-18-21(7,16)17/h6-7,9H,1-5H2,(H,13,14,15). The molecule has 3 aliphatic carbocycles. The van der Waals surface area contributed by atoms with Gasteiger partial charge in [0.1, 0.15) is 6.10 Å². The zero-order valence-corrected chi connectivity index (χ0v) is 12.5. The maximum atomic E-state index is 11.9. The minimum Gasteiger partial charge on any atom is -0.461 e. The molecule has 21 heavy (non-hydrogen) atoms. The zero-order valence-electron chi connectivity index (χ0n) is 10.9. The number of carbonyl (C=O) groups excluding carboxylic acids is 1. The van der Waals surface area contributed by atoms with Crippen molar-refractivity contribution in [2.75, 3.05) is 12.4 Å². The summed E-state index contributed by atoms with van der Waals surface area (Å²) in [5, 5.41) is -0.528. The quantitative estimate of drug-likeness (QED) is 0.407. The Labute approximate surface area is 121 Å². The van der Waals surface area contributed by atoms with E-state index in [9.17, 15) is 21.6 Å². The lowest BCUT2D eigenvalue weighted by atomic mass is 9.85. The van der Waals surface area contributed by atoms with Gasteiger partial charge in [0.15, 0.2) is 5.75 Å².